The molecule has 6 heteroatoms. The third-order valence-electron chi connectivity index (χ3n) is 3.96. The van der Waals surface area contributed by atoms with Crippen molar-refractivity contribution in [1.29, 1.82) is 0 Å². The largest absolute Gasteiger partial charge is 0.465 e. The van der Waals surface area contributed by atoms with E-state index in [9.17, 15) is 4.79 Å². The molecule has 0 spiro atoms. The Labute approximate surface area is 105 Å². The third kappa shape index (κ3) is 1.95. The fourth-order valence-corrected chi connectivity index (χ4v) is 2.98. The average molecular weight is 251 g/mol. The van der Waals surface area contributed by atoms with Gasteiger partial charge in [0.05, 0.1) is 0 Å². The van der Waals surface area contributed by atoms with Gasteiger partial charge in [0.2, 0.25) is 5.89 Å². The van der Waals surface area contributed by atoms with Gasteiger partial charge in [0.1, 0.15) is 6.04 Å². The summed E-state index contributed by atoms with van der Waals surface area (Å²) in [5.41, 5.74) is 0. The quantitative estimate of drug-likeness (QED) is 0.873. The molecule has 1 saturated carbocycles. The molecule has 2 fully saturated rings. The van der Waals surface area contributed by atoms with Crippen molar-refractivity contribution < 1.29 is 14.4 Å². The van der Waals surface area contributed by atoms with Crippen LogP contribution in [0, 0.1) is 0 Å². The predicted octanol–water partition coefficient (Wildman–Crippen LogP) is 2.54. The Balaban J connectivity index is 1.78. The molecular formula is C12H17N3O3. The van der Waals surface area contributed by atoms with E-state index in [1.165, 1.54) is 17.7 Å². The highest BCUT2D eigenvalue weighted by molar-refractivity contribution is 5.65. The Morgan fingerprint density at radius 3 is 2.78 bits per heavy atom. The molecule has 1 atom stereocenters. The summed E-state index contributed by atoms with van der Waals surface area (Å²) in [7, 11) is 0. The average Bonchev–Trinajstić information content (AvgIpc) is 3.10. The molecule has 1 amide bonds. The van der Waals surface area contributed by atoms with Gasteiger partial charge in [-0.3, -0.25) is 4.90 Å². The number of carboxylic acid groups (broad SMARTS) is 1. The number of likely N-dealkylation sites (tertiary alicyclic amines) is 1. The molecule has 1 aliphatic heterocycles. The molecule has 1 saturated heterocycles. The lowest BCUT2D eigenvalue weighted by Crippen LogP contribution is -2.28. The minimum Gasteiger partial charge on any atom is -0.465 e. The third-order valence-corrected chi connectivity index (χ3v) is 3.96. The van der Waals surface area contributed by atoms with Crippen LogP contribution in [0.5, 0.6) is 0 Å². The molecule has 1 aromatic rings. The molecule has 1 aromatic heterocycles. The molecule has 0 unspecified atom stereocenters. The van der Waals surface area contributed by atoms with Gasteiger partial charge in [0.15, 0.2) is 5.82 Å². The van der Waals surface area contributed by atoms with Gasteiger partial charge in [0, 0.05) is 12.5 Å². The smallest absolute Gasteiger partial charge is 0.407 e. The molecule has 3 rings (SSSR count). The number of aromatic nitrogens is 2. The fourth-order valence-electron chi connectivity index (χ4n) is 2.98. The predicted molar refractivity (Wildman–Crippen MR) is 62.2 cm³/mol. The summed E-state index contributed by atoms with van der Waals surface area (Å²) in [5.74, 6) is 1.64. The van der Waals surface area contributed by atoms with Crippen LogP contribution in [-0.4, -0.2) is 32.8 Å². The molecular weight excluding hydrogens is 234 g/mol. The van der Waals surface area contributed by atoms with Gasteiger partial charge in [0.25, 0.3) is 0 Å². The van der Waals surface area contributed by atoms with Crippen LogP contribution in [0.15, 0.2) is 4.52 Å². The molecule has 2 aliphatic rings. The molecule has 18 heavy (non-hydrogen) atoms. The zero-order chi connectivity index (χ0) is 12.5. The van der Waals surface area contributed by atoms with Crippen LogP contribution in [0.1, 0.15) is 62.2 Å². The first-order valence-electron chi connectivity index (χ1n) is 6.59. The van der Waals surface area contributed by atoms with Crippen molar-refractivity contribution in [3.8, 4) is 0 Å². The zero-order valence-corrected chi connectivity index (χ0v) is 10.2. The fraction of sp³-hybridized carbons (Fsp3) is 0.750. The van der Waals surface area contributed by atoms with Gasteiger partial charge in [-0.2, -0.15) is 4.98 Å². The van der Waals surface area contributed by atoms with E-state index >= 15 is 0 Å². The van der Waals surface area contributed by atoms with E-state index in [-0.39, 0.29) is 6.04 Å². The second-order valence-electron chi connectivity index (χ2n) is 5.11. The monoisotopic (exact) mass is 251 g/mol. The molecule has 1 aliphatic carbocycles. The van der Waals surface area contributed by atoms with E-state index in [1.807, 2.05) is 0 Å². The van der Waals surface area contributed by atoms with Crippen molar-refractivity contribution in [2.75, 3.05) is 6.54 Å². The highest BCUT2D eigenvalue weighted by atomic mass is 16.5. The number of carbonyl (C=O) groups is 1. The van der Waals surface area contributed by atoms with Gasteiger partial charge in [-0.05, 0) is 25.7 Å². The summed E-state index contributed by atoms with van der Waals surface area (Å²) in [5, 5.41) is 13.1. The number of hydrogen-bond acceptors (Lipinski definition) is 4. The highest BCUT2D eigenvalue weighted by Crippen LogP contribution is 2.35. The van der Waals surface area contributed by atoms with E-state index in [1.54, 1.807) is 0 Å². The summed E-state index contributed by atoms with van der Waals surface area (Å²) in [6.07, 6.45) is 5.41. The summed E-state index contributed by atoms with van der Waals surface area (Å²) >= 11 is 0. The summed E-state index contributed by atoms with van der Waals surface area (Å²) in [6.45, 7) is 0.557. The molecule has 0 bridgehead atoms. The minimum absolute atomic E-state index is 0.245. The number of nitrogens with zero attached hydrogens (tertiary/aromatic N) is 3. The van der Waals surface area contributed by atoms with Crippen molar-refractivity contribution >= 4 is 6.09 Å². The molecule has 0 aromatic carbocycles. The van der Waals surface area contributed by atoms with E-state index < -0.39 is 6.09 Å². The maximum Gasteiger partial charge on any atom is 0.407 e. The summed E-state index contributed by atoms with van der Waals surface area (Å²) in [6, 6.07) is -0.245. The number of amides is 1. The second-order valence-corrected chi connectivity index (χ2v) is 5.11. The lowest BCUT2D eigenvalue weighted by atomic mass is 10.1. The molecule has 6 nitrogen and oxygen atoms in total. The molecule has 2 heterocycles. The summed E-state index contributed by atoms with van der Waals surface area (Å²) < 4.78 is 5.28. The molecule has 0 radical (unpaired) electrons. The standard InChI is InChI=1S/C12H17N3O3/c16-12(17)15-7-3-6-9(15)11-13-10(14-18-11)8-4-1-2-5-8/h8-9H,1-7H2,(H,16,17)/t9-/m0/s1. The van der Waals surface area contributed by atoms with Crippen LogP contribution in [0.25, 0.3) is 0 Å². The summed E-state index contributed by atoms with van der Waals surface area (Å²) in [4.78, 5) is 16.9. The molecule has 98 valence electrons. The van der Waals surface area contributed by atoms with Crippen molar-refractivity contribution in [3.05, 3.63) is 11.7 Å². The van der Waals surface area contributed by atoms with Crippen molar-refractivity contribution in [2.24, 2.45) is 0 Å². The first-order chi connectivity index (χ1) is 8.75. The van der Waals surface area contributed by atoms with Crippen LogP contribution >= 0.6 is 0 Å². The number of rotatable bonds is 2. The van der Waals surface area contributed by atoms with Gasteiger partial charge >= 0.3 is 6.09 Å². The van der Waals surface area contributed by atoms with E-state index in [0.29, 0.717) is 18.4 Å². The molecule has 1 N–H and O–H groups in total. The first kappa shape index (κ1) is 11.5. The normalized spacial score (nSPS) is 24.9. The van der Waals surface area contributed by atoms with Crippen molar-refractivity contribution in [3.63, 3.8) is 0 Å². The maximum atomic E-state index is 11.1. The van der Waals surface area contributed by atoms with Crippen LogP contribution in [0.2, 0.25) is 0 Å². The van der Waals surface area contributed by atoms with Crippen LogP contribution < -0.4 is 0 Å². The zero-order valence-electron chi connectivity index (χ0n) is 10.2. The maximum absolute atomic E-state index is 11.1. The van der Waals surface area contributed by atoms with Crippen LogP contribution in [-0.2, 0) is 0 Å². The SMILES string of the molecule is O=C(O)N1CCC[C@H]1c1nc(C2CCCC2)no1. The van der Waals surface area contributed by atoms with Gasteiger partial charge in [-0.1, -0.05) is 18.0 Å². The Kier molecular flexibility index (Phi) is 2.93. The minimum atomic E-state index is -0.905. The van der Waals surface area contributed by atoms with Crippen LogP contribution in [0.3, 0.4) is 0 Å². The lowest BCUT2D eigenvalue weighted by molar-refractivity contribution is 0.131. The first-order valence-corrected chi connectivity index (χ1v) is 6.59. The van der Waals surface area contributed by atoms with Crippen LogP contribution in [0.4, 0.5) is 4.79 Å². The number of hydrogen-bond donors (Lipinski definition) is 1. The highest BCUT2D eigenvalue weighted by Gasteiger charge is 2.34. The van der Waals surface area contributed by atoms with Gasteiger partial charge < -0.3 is 9.63 Å². The second kappa shape index (κ2) is 4.59. The Morgan fingerprint density at radius 1 is 1.28 bits per heavy atom. The van der Waals surface area contributed by atoms with E-state index in [0.717, 1.165) is 31.5 Å². The lowest BCUT2D eigenvalue weighted by Gasteiger charge is -2.17. The van der Waals surface area contributed by atoms with E-state index in [2.05, 4.69) is 10.1 Å². The van der Waals surface area contributed by atoms with Gasteiger partial charge in [-0.25, -0.2) is 4.79 Å². The van der Waals surface area contributed by atoms with Crippen molar-refractivity contribution in [1.82, 2.24) is 15.0 Å². The topological polar surface area (TPSA) is 79.5 Å². The van der Waals surface area contributed by atoms with Crippen molar-refractivity contribution in [2.45, 2.75) is 50.5 Å². The van der Waals surface area contributed by atoms with Gasteiger partial charge in [-0.15, -0.1) is 0 Å². The Morgan fingerprint density at radius 2 is 2.06 bits per heavy atom. The van der Waals surface area contributed by atoms with E-state index in [4.69, 9.17) is 9.63 Å². The Bertz CT molecular complexity index is 440. The Hall–Kier alpha value is -1.59.